The van der Waals surface area contributed by atoms with E-state index in [4.69, 9.17) is 9.47 Å². The summed E-state index contributed by atoms with van der Waals surface area (Å²) >= 11 is 3.37. The second kappa shape index (κ2) is 9.19. The van der Waals surface area contributed by atoms with Gasteiger partial charge in [-0.2, -0.15) is 5.10 Å². The molecular formula is C15H19BrN2O4. The molecule has 1 amide bonds. The number of hydrogen-bond donors (Lipinski definition) is 1. The zero-order valence-electron chi connectivity index (χ0n) is 12.8. The summed E-state index contributed by atoms with van der Waals surface area (Å²) in [4.78, 5) is 22.9. The van der Waals surface area contributed by atoms with Crippen molar-refractivity contribution in [1.82, 2.24) is 5.43 Å². The van der Waals surface area contributed by atoms with Gasteiger partial charge < -0.3 is 9.47 Å². The topological polar surface area (TPSA) is 77.0 Å². The second-order valence-corrected chi connectivity index (χ2v) is 5.44. The monoisotopic (exact) mass is 370 g/mol. The standard InChI is InChI=1S/C15H19BrN2O4/c1-4-21-15(20)8-11(3)17-18-14(19)9-22-13-6-5-10(2)7-12(13)16/h5-7H,4,8-9H2,1-3H3,(H,18,19)/b17-11+. The van der Waals surface area contributed by atoms with Crippen molar-refractivity contribution in [3.05, 3.63) is 28.2 Å². The molecule has 0 atom stereocenters. The number of ether oxygens (including phenoxy) is 2. The third-order valence-electron chi connectivity index (χ3n) is 2.52. The molecule has 0 aliphatic heterocycles. The molecular weight excluding hydrogens is 352 g/mol. The fourth-order valence-corrected chi connectivity index (χ4v) is 2.12. The SMILES string of the molecule is CCOC(=O)C/C(C)=N/NC(=O)COc1ccc(C)cc1Br. The van der Waals surface area contributed by atoms with Gasteiger partial charge >= 0.3 is 5.97 Å². The highest BCUT2D eigenvalue weighted by atomic mass is 79.9. The van der Waals surface area contributed by atoms with Crippen LogP contribution in [0.5, 0.6) is 5.75 Å². The molecule has 0 radical (unpaired) electrons. The minimum atomic E-state index is -0.407. The van der Waals surface area contributed by atoms with Crippen LogP contribution in [-0.2, 0) is 14.3 Å². The molecule has 0 bridgehead atoms. The number of hydrazone groups is 1. The third kappa shape index (κ3) is 6.71. The first-order chi connectivity index (χ1) is 10.4. The van der Waals surface area contributed by atoms with E-state index < -0.39 is 5.91 Å². The second-order valence-electron chi connectivity index (χ2n) is 4.59. The molecule has 6 nitrogen and oxygen atoms in total. The van der Waals surface area contributed by atoms with Crippen LogP contribution in [-0.4, -0.2) is 30.8 Å². The summed E-state index contributed by atoms with van der Waals surface area (Å²) in [6, 6.07) is 5.57. The van der Waals surface area contributed by atoms with E-state index in [1.807, 2.05) is 19.1 Å². The minimum Gasteiger partial charge on any atom is -0.483 e. The zero-order chi connectivity index (χ0) is 16.5. The number of esters is 1. The number of carbonyl (C=O) groups is 2. The van der Waals surface area contributed by atoms with Gasteiger partial charge in [-0.05, 0) is 54.4 Å². The number of hydrogen-bond acceptors (Lipinski definition) is 5. The van der Waals surface area contributed by atoms with Crippen LogP contribution in [0.3, 0.4) is 0 Å². The first-order valence-electron chi connectivity index (χ1n) is 6.79. The van der Waals surface area contributed by atoms with Crippen molar-refractivity contribution in [2.45, 2.75) is 27.2 Å². The minimum absolute atomic E-state index is 0.0402. The lowest BCUT2D eigenvalue weighted by Gasteiger charge is -2.08. The molecule has 0 aromatic heterocycles. The lowest BCUT2D eigenvalue weighted by atomic mass is 10.2. The number of rotatable bonds is 7. The van der Waals surface area contributed by atoms with Gasteiger partial charge in [-0.3, -0.25) is 9.59 Å². The Morgan fingerprint density at radius 3 is 2.73 bits per heavy atom. The molecule has 1 rings (SSSR count). The molecule has 0 saturated heterocycles. The Balaban J connectivity index is 2.41. The van der Waals surface area contributed by atoms with Crippen LogP contribution in [0.15, 0.2) is 27.8 Å². The third-order valence-corrected chi connectivity index (χ3v) is 3.14. The molecule has 7 heteroatoms. The van der Waals surface area contributed by atoms with Crippen LogP contribution < -0.4 is 10.2 Å². The fraction of sp³-hybridized carbons (Fsp3) is 0.400. The number of benzene rings is 1. The van der Waals surface area contributed by atoms with Crippen molar-refractivity contribution in [3.8, 4) is 5.75 Å². The van der Waals surface area contributed by atoms with E-state index in [0.29, 0.717) is 18.1 Å². The maximum Gasteiger partial charge on any atom is 0.311 e. The van der Waals surface area contributed by atoms with Crippen LogP contribution >= 0.6 is 15.9 Å². The molecule has 0 saturated carbocycles. The fourth-order valence-electron chi connectivity index (χ4n) is 1.52. The molecule has 0 aliphatic carbocycles. The van der Waals surface area contributed by atoms with Gasteiger partial charge in [0.15, 0.2) is 6.61 Å². The van der Waals surface area contributed by atoms with E-state index in [0.717, 1.165) is 10.0 Å². The van der Waals surface area contributed by atoms with Crippen molar-refractivity contribution in [2.75, 3.05) is 13.2 Å². The van der Waals surface area contributed by atoms with Gasteiger partial charge in [0.25, 0.3) is 5.91 Å². The number of amides is 1. The number of aryl methyl sites for hydroxylation is 1. The summed E-state index contributed by atoms with van der Waals surface area (Å²) in [7, 11) is 0. The largest absolute Gasteiger partial charge is 0.483 e. The van der Waals surface area contributed by atoms with Crippen molar-refractivity contribution in [2.24, 2.45) is 5.10 Å². The highest BCUT2D eigenvalue weighted by molar-refractivity contribution is 9.10. The summed E-state index contributed by atoms with van der Waals surface area (Å²) in [6.07, 6.45) is 0.0402. The lowest BCUT2D eigenvalue weighted by molar-refractivity contribution is -0.141. The Labute approximate surface area is 138 Å². The summed E-state index contributed by atoms with van der Waals surface area (Å²) < 4.78 is 11.0. The maximum absolute atomic E-state index is 11.6. The zero-order valence-corrected chi connectivity index (χ0v) is 14.4. The summed E-state index contributed by atoms with van der Waals surface area (Å²) in [5.74, 6) is -0.207. The Kier molecular flexibility index (Phi) is 7.59. The predicted octanol–water partition coefficient (Wildman–Crippen LogP) is 2.58. The van der Waals surface area contributed by atoms with E-state index in [-0.39, 0.29) is 19.0 Å². The van der Waals surface area contributed by atoms with Crippen LogP contribution in [0, 0.1) is 6.92 Å². The summed E-state index contributed by atoms with van der Waals surface area (Å²) in [5, 5.41) is 3.82. The lowest BCUT2D eigenvalue weighted by Crippen LogP contribution is -2.26. The number of nitrogens with one attached hydrogen (secondary N) is 1. The van der Waals surface area contributed by atoms with E-state index in [2.05, 4.69) is 26.5 Å². The quantitative estimate of drug-likeness (QED) is 0.454. The first-order valence-corrected chi connectivity index (χ1v) is 7.58. The van der Waals surface area contributed by atoms with Crippen LogP contribution in [0.2, 0.25) is 0 Å². The average Bonchev–Trinajstić information content (AvgIpc) is 2.44. The first kappa shape index (κ1) is 18.2. The Morgan fingerprint density at radius 1 is 1.36 bits per heavy atom. The highest BCUT2D eigenvalue weighted by Crippen LogP contribution is 2.25. The van der Waals surface area contributed by atoms with Crippen LogP contribution in [0.4, 0.5) is 0 Å². The molecule has 22 heavy (non-hydrogen) atoms. The number of nitrogens with zero attached hydrogens (tertiary/aromatic N) is 1. The van der Waals surface area contributed by atoms with Crippen LogP contribution in [0.1, 0.15) is 25.8 Å². The highest BCUT2D eigenvalue weighted by Gasteiger charge is 2.07. The van der Waals surface area contributed by atoms with Gasteiger partial charge in [-0.15, -0.1) is 0 Å². The molecule has 120 valence electrons. The molecule has 0 spiro atoms. The summed E-state index contributed by atoms with van der Waals surface area (Å²) in [6.45, 7) is 5.47. The Bertz CT molecular complexity index is 573. The molecule has 0 unspecified atom stereocenters. The van der Waals surface area contributed by atoms with Crippen molar-refractivity contribution in [1.29, 1.82) is 0 Å². The van der Waals surface area contributed by atoms with Gasteiger partial charge in [-0.1, -0.05) is 6.07 Å². The van der Waals surface area contributed by atoms with Crippen LogP contribution in [0.25, 0.3) is 0 Å². The van der Waals surface area contributed by atoms with Crippen molar-refractivity contribution in [3.63, 3.8) is 0 Å². The van der Waals surface area contributed by atoms with Crippen molar-refractivity contribution >= 4 is 33.5 Å². The predicted molar refractivity (Wildman–Crippen MR) is 86.9 cm³/mol. The summed E-state index contributed by atoms with van der Waals surface area (Å²) in [5.41, 5.74) is 3.88. The molecule has 1 N–H and O–H groups in total. The average molecular weight is 371 g/mol. The number of halogens is 1. The van der Waals surface area contributed by atoms with E-state index in [1.165, 1.54) is 0 Å². The molecule has 0 fully saturated rings. The maximum atomic E-state index is 11.6. The smallest absolute Gasteiger partial charge is 0.311 e. The molecule has 1 aromatic rings. The van der Waals surface area contributed by atoms with Gasteiger partial charge in [0, 0.05) is 5.71 Å². The van der Waals surface area contributed by atoms with E-state index in [9.17, 15) is 9.59 Å². The Morgan fingerprint density at radius 2 is 2.09 bits per heavy atom. The van der Waals surface area contributed by atoms with Gasteiger partial charge in [-0.25, -0.2) is 5.43 Å². The van der Waals surface area contributed by atoms with E-state index in [1.54, 1.807) is 19.9 Å². The molecule has 1 aromatic carbocycles. The molecule has 0 aliphatic rings. The van der Waals surface area contributed by atoms with Gasteiger partial charge in [0.2, 0.25) is 0 Å². The number of carbonyl (C=O) groups excluding carboxylic acids is 2. The molecule has 0 heterocycles. The van der Waals surface area contributed by atoms with Gasteiger partial charge in [0.1, 0.15) is 5.75 Å². The van der Waals surface area contributed by atoms with E-state index >= 15 is 0 Å². The van der Waals surface area contributed by atoms with Gasteiger partial charge in [0.05, 0.1) is 17.5 Å². The Hall–Kier alpha value is -1.89. The van der Waals surface area contributed by atoms with Crippen molar-refractivity contribution < 1.29 is 19.1 Å². The normalized spacial score (nSPS) is 11.0.